The second kappa shape index (κ2) is 6.57. The third kappa shape index (κ3) is 3.26. The summed E-state index contributed by atoms with van der Waals surface area (Å²) in [7, 11) is 0. The van der Waals surface area contributed by atoms with Gasteiger partial charge in [-0.1, -0.05) is 48.5 Å². The van der Waals surface area contributed by atoms with E-state index in [4.69, 9.17) is 0 Å². The number of benzene rings is 3. The van der Waals surface area contributed by atoms with Crippen molar-refractivity contribution in [2.75, 3.05) is 5.32 Å². The van der Waals surface area contributed by atoms with Gasteiger partial charge in [-0.2, -0.15) is 5.10 Å². The number of fused-ring (bicyclic) bond motifs is 1. The van der Waals surface area contributed by atoms with E-state index in [0.29, 0.717) is 12.1 Å². The number of nitrogens with one attached hydrogen (secondary N) is 1. The maximum Gasteiger partial charge on any atom is 0.255 e. The average Bonchev–Trinajstić information content (AvgIpc) is 3.16. The summed E-state index contributed by atoms with van der Waals surface area (Å²) in [5.74, 6) is -0.128. The molecule has 1 amide bonds. The van der Waals surface area contributed by atoms with Gasteiger partial charge in [-0.15, -0.1) is 0 Å². The molecule has 0 aliphatic carbocycles. The Kier molecular flexibility index (Phi) is 3.96. The van der Waals surface area contributed by atoms with Crippen molar-refractivity contribution in [3.05, 3.63) is 90.5 Å². The molecule has 25 heavy (non-hydrogen) atoms. The molecular weight excluding hydrogens is 312 g/mol. The van der Waals surface area contributed by atoms with Gasteiger partial charge in [-0.3, -0.25) is 4.79 Å². The maximum absolute atomic E-state index is 12.7. The van der Waals surface area contributed by atoms with Gasteiger partial charge in [0.25, 0.3) is 5.91 Å². The molecule has 1 N–H and O–H groups in total. The molecule has 5 heteroatoms. The fourth-order valence-electron chi connectivity index (χ4n) is 2.79. The quantitative estimate of drug-likeness (QED) is 0.621. The summed E-state index contributed by atoms with van der Waals surface area (Å²) in [5.41, 5.74) is 2.38. The summed E-state index contributed by atoms with van der Waals surface area (Å²) in [6, 6.07) is 21.4. The topological polar surface area (TPSA) is 59.8 Å². The van der Waals surface area contributed by atoms with E-state index < -0.39 is 0 Å². The minimum absolute atomic E-state index is 0.128. The van der Waals surface area contributed by atoms with E-state index in [0.717, 1.165) is 22.0 Å². The van der Waals surface area contributed by atoms with Crippen LogP contribution in [0.1, 0.15) is 15.9 Å². The molecule has 0 radical (unpaired) electrons. The highest BCUT2D eigenvalue weighted by Crippen LogP contribution is 2.19. The number of hydrogen-bond donors (Lipinski definition) is 1. The first kappa shape index (κ1) is 15.1. The number of carbonyl (C=O) groups excluding carboxylic acids is 1. The molecule has 0 spiro atoms. The SMILES string of the molecule is O=C(Nc1ccccc1Cn1cncn1)c1ccc2ccccc2c1. The lowest BCUT2D eigenvalue weighted by Crippen LogP contribution is -2.14. The Morgan fingerprint density at radius 1 is 0.960 bits per heavy atom. The van der Waals surface area contributed by atoms with Crippen molar-refractivity contribution in [3.63, 3.8) is 0 Å². The highest BCUT2D eigenvalue weighted by molar-refractivity contribution is 6.06. The highest BCUT2D eigenvalue weighted by atomic mass is 16.1. The van der Waals surface area contributed by atoms with E-state index in [-0.39, 0.29) is 5.91 Å². The van der Waals surface area contributed by atoms with Crippen LogP contribution >= 0.6 is 0 Å². The molecule has 0 fully saturated rings. The van der Waals surface area contributed by atoms with Crippen LogP contribution in [0, 0.1) is 0 Å². The zero-order valence-corrected chi connectivity index (χ0v) is 13.5. The monoisotopic (exact) mass is 328 g/mol. The van der Waals surface area contributed by atoms with Gasteiger partial charge < -0.3 is 5.32 Å². The molecule has 0 atom stereocenters. The number of aromatic nitrogens is 3. The Hall–Kier alpha value is -3.47. The van der Waals surface area contributed by atoms with Gasteiger partial charge >= 0.3 is 0 Å². The molecule has 122 valence electrons. The number of anilines is 1. The molecule has 3 aromatic carbocycles. The molecule has 5 nitrogen and oxygen atoms in total. The predicted octanol–water partition coefficient (Wildman–Crippen LogP) is 3.73. The predicted molar refractivity (Wildman–Crippen MR) is 97.5 cm³/mol. The van der Waals surface area contributed by atoms with Crippen LogP contribution in [0.2, 0.25) is 0 Å². The van der Waals surface area contributed by atoms with E-state index in [1.54, 1.807) is 11.0 Å². The van der Waals surface area contributed by atoms with Crippen LogP contribution in [0.3, 0.4) is 0 Å². The highest BCUT2D eigenvalue weighted by Gasteiger charge is 2.10. The zero-order valence-electron chi connectivity index (χ0n) is 13.5. The van der Waals surface area contributed by atoms with Crippen LogP contribution < -0.4 is 5.32 Å². The molecule has 0 saturated carbocycles. The summed E-state index contributed by atoms with van der Waals surface area (Å²) in [4.78, 5) is 16.6. The fraction of sp³-hybridized carbons (Fsp3) is 0.0500. The van der Waals surface area contributed by atoms with Crippen LogP contribution in [0.15, 0.2) is 79.4 Å². The number of rotatable bonds is 4. The molecule has 1 aromatic heterocycles. The van der Waals surface area contributed by atoms with Crippen molar-refractivity contribution in [2.24, 2.45) is 0 Å². The third-order valence-electron chi connectivity index (χ3n) is 4.08. The standard InChI is InChI=1S/C20H16N4O/c25-20(17-10-9-15-5-1-2-6-16(15)11-17)23-19-8-4-3-7-18(19)12-24-14-21-13-22-24/h1-11,13-14H,12H2,(H,23,25). The van der Waals surface area contributed by atoms with Crippen molar-refractivity contribution in [1.29, 1.82) is 0 Å². The molecule has 4 aromatic rings. The Labute approximate surface area is 144 Å². The first-order valence-electron chi connectivity index (χ1n) is 8.00. The second-order valence-electron chi connectivity index (χ2n) is 5.77. The normalized spacial score (nSPS) is 10.7. The smallest absolute Gasteiger partial charge is 0.255 e. The van der Waals surface area contributed by atoms with Gasteiger partial charge in [0.05, 0.1) is 6.54 Å². The van der Waals surface area contributed by atoms with Gasteiger partial charge in [-0.25, -0.2) is 9.67 Å². The van der Waals surface area contributed by atoms with E-state index in [1.165, 1.54) is 6.33 Å². The number of para-hydroxylation sites is 1. The molecule has 0 unspecified atom stereocenters. The van der Waals surface area contributed by atoms with Gasteiger partial charge in [0.1, 0.15) is 12.7 Å². The van der Waals surface area contributed by atoms with E-state index in [2.05, 4.69) is 15.4 Å². The minimum Gasteiger partial charge on any atom is -0.322 e. The molecule has 0 saturated heterocycles. The van der Waals surface area contributed by atoms with E-state index in [1.807, 2.05) is 66.7 Å². The van der Waals surface area contributed by atoms with Crippen molar-refractivity contribution in [3.8, 4) is 0 Å². The van der Waals surface area contributed by atoms with Gasteiger partial charge in [0.2, 0.25) is 0 Å². The average molecular weight is 328 g/mol. The van der Waals surface area contributed by atoms with Crippen LogP contribution in [0.4, 0.5) is 5.69 Å². The summed E-state index contributed by atoms with van der Waals surface area (Å²) in [6.45, 7) is 0.550. The maximum atomic E-state index is 12.7. The van der Waals surface area contributed by atoms with Crippen molar-refractivity contribution in [2.45, 2.75) is 6.54 Å². The Bertz CT molecular complexity index is 1020. The Morgan fingerprint density at radius 3 is 2.60 bits per heavy atom. The van der Waals surface area contributed by atoms with Crippen molar-refractivity contribution < 1.29 is 4.79 Å². The molecule has 1 heterocycles. The number of carbonyl (C=O) groups is 1. The lowest BCUT2D eigenvalue weighted by molar-refractivity contribution is 0.102. The lowest BCUT2D eigenvalue weighted by Gasteiger charge is -2.11. The van der Waals surface area contributed by atoms with Crippen molar-refractivity contribution in [1.82, 2.24) is 14.8 Å². The number of nitrogens with zero attached hydrogens (tertiary/aromatic N) is 3. The molecule has 0 aliphatic rings. The van der Waals surface area contributed by atoms with Crippen LogP contribution in [0.5, 0.6) is 0 Å². The van der Waals surface area contributed by atoms with Gasteiger partial charge in [-0.05, 0) is 34.5 Å². The molecule has 4 rings (SSSR count). The molecule has 0 bridgehead atoms. The van der Waals surface area contributed by atoms with Gasteiger partial charge in [0.15, 0.2) is 0 Å². The number of hydrogen-bond acceptors (Lipinski definition) is 3. The number of amides is 1. The fourth-order valence-corrected chi connectivity index (χ4v) is 2.79. The largest absolute Gasteiger partial charge is 0.322 e. The Balaban J connectivity index is 1.59. The van der Waals surface area contributed by atoms with Gasteiger partial charge in [0, 0.05) is 11.3 Å². The summed E-state index contributed by atoms with van der Waals surface area (Å²) < 4.78 is 1.72. The molecule has 0 aliphatic heterocycles. The Morgan fingerprint density at radius 2 is 1.76 bits per heavy atom. The first-order chi connectivity index (χ1) is 12.3. The van der Waals surface area contributed by atoms with E-state index in [9.17, 15) is 4.79 Å². The van der Waals surface area contributed by atoms with Crippen LogP contribution in [-0.4, -0.2) is 20.7 Å². The first-order valence-corrected chi connectivity index (χ1v) is 8.00. The molecular formula is C20H16N4O. The van der Waals surface area contributed by atoms with Crippen molar-refractivity contribution >= 4 is 22.4 Å². The van der Waals surface area contributed by atoms with Crippen LogP contribution in [0.25, 0.3) is 10.8 Å². The summed E-state index contributed by atoms with van der Waals surface area (Å²) in [5, 5.41) is 9.28. The summed E-state index contributed by atoms with van der Waals surface area (Å²) in [6.07, 6.45) is 3.15. The third-order valence-corrected chi connectivity index (χ3v) is 4.08. The van der Waals surface area contributed by atoms with Crippen LogP contribution in [-0.2, 0) is 6.54 Å². The minimum atomic E-state index is -0.128. The second-order valence-corrected chi connectivity index (χ2v) is 5.77. The lowest BCUT2D eigenvalue weighted by atomic mass is 10.1. The zero-order chi connectivity index (χ0) is 17.1. The van der Waals surface area contributed by atoms with E-state index >= 15 is 0 Å². The summed E-state index contributed by atoms with van der Waals surface area (Å²) >= 11 is 0.